The Bertz CT molecular complexity index is 862. The van der Waals surface area contributed by atoms with Crippen molar-refractivity contribution in [2.45, 2.75) is 12.8 Å². The van der Waals surface area contributed by atoms with Crippen molar-refractivity contribution in [3.05, 3.63) is 52.2 Å². The highest BCUT2D eigenvalue weighted by Crippen LogP contribution is 2.32. The van der Waals surface area contributed by atoms with Crippen LogP contribution in [0.3, 0.4) is 0 Å². The SMILES string of the molecule is O=C(O)CCc1cc(O)cc2oc3cc(=O)ccc-3cc12. The Kier molecular flexibility index (Phi) is 3.10. The summed E-state index contributed by atoms with van der Waals surface area (Å²) in [6, 6.07) is 9.32. The predicted octanol–water partition coefficient (Wildman–Crippen LogP) is 2.62. The van der Waals surface area contributed by atoms with E-state index in [-0.39, 0.29) is 17.6 Å². The van der Waals surface area contributed by atoms with Gasteiger partial charge in [0, 0.05) is 29.5 Å². The fourth-order valence-electron chi connectivity index (χ4n) is 2.36. The highest BCUT2D eigenvalue weighted by atomic mass is 16.4. The maximum Gasteiger partial charge on any atom is 0.303 e. The van der Waals surface area contributed by atoms with Crippen LogP contribution in [0.1, 0.15) is 12.0 Å². The largest absolute Gasteiger partial charge is 0.508 e. The average molecular weight is 284 g/mol. The van der Waals surface area contributed by atoms with E-state index in [1.54, 1.807) is 6.07 Å². The number of aryl methyl sites for hydroxylation is 1. The molecule has 2 aliphatic rings. The van der Waals surface area contributed by atoms with Crippen molar-refractivity contribution >= 4 is 16.9 Å². The molecular weight excluding hydrogens is 272 g/mol. The fraction of sp³-hybridized carbons (Fsp3) is 0.125. The summed E-state index contributed by atoms with van der Waals surface area (Å²) in [5, 5.41) is 19.3. The number of rotatable bonds is 3. The molecule has 1 aliphatic carbocycles. The first kappa shape index (κ1) is 13.2. The Morgan fingerprint density at radius 1 is 1.14 bits per heavy atom. The van der Waals surface area contributed by atoms with Gasteiger partial charge in [-0.3, -0.25) is 9.59 Å². The van der Waals surface area contributed by atoms with Gasteiger partial charge in [0.15, 0.2) is 5.43 Å². The highest BCUT2D eigenvalue weighted by Gasteiger charge is 2.12. The third kappa shape index (κ3) is 2.58. The van der Waals surface area contributed by atoms with E-state index < -0.39 is 5.97 Å². The van der Waals surface area contributed by atoms with Crippen molar-refractivity contribution in [2.24, 2.45) is 0 Å². The molecule has 0 aromatic heterocycles. The average Bonchev–Trinajstić information content (AvgIpc) is 2.42. The van der Waals surface area contributed by atoms with E-state index in [0.717, 1.165) is 10.9 Å². The van der Waals surface area contributed by atoms with Crippen molar-refractivity contribution in [3.63, 3.8) is 0 Å². The Balaban J connectivity index is 2.24. The molecule has 0 unspecified atom stereocenters. The van der Waals surface area contributed by atoms with E-state index in [2.05, 4.69) is 0 Å². The van der Waals surface area contributed by atoms with Gasteiger partial charge in [0.05, 0.1) is 0 Å². The summed E-state index contributed by atoms with van der Waals surface area (Å²) in [6.45, 7) is 0. The van der Waals surface area contributed by atoms with Crippen LogP contribution in [0.2, 0.25) is 0 Å². The number of hydrogen-bond acceptors (Lipinski definition) is 4. The van der Waals surface area contributed by atoms with Crippen LogP contribution in [0.4, 0.5) is 0 Å². The van der Waals surface area contributed by atoms with E-state index in [4.69, 9.17) is 9.52 Å². The molecule has 106 valence electrons. The quantitative estimate of drug-likeness (QED) is 0.722. The molecule has 1 aromatic rings. The van der Waals surface area contributed by atoms with Gasteiger partial charge in [-0.15, -0.1) is 0 Å². The maximum absolute atomic E-state index is 11.4. The first-order valence-corrected chi connectivity index (χ1v) is 6.44. The summed E-state index contributed by atoms with van der Waals surface area (Å²) in [6.07, 6.45) is 0.261. The number of fused-ring (bicyclic) bond motifs is 2. The third-order valence-corrected chi connectivity index (χ3v) is 3.33. The number of phenols is 1. The molecule has 1 aliphatic heterocycles. The van der Waals surface area contributed by atoms with Gasteiger partial charge >= 0.3 is 5.97 Å². The molecule has 0 bridgehead atoms. The number of carboxylic acid groups (broad SMARTS) is 1. The van der Waals surface area contributed by atoms with Gasteiger partial charge in [-0.25, -0.2) is 0 Å². The maximum atomic E-state index is 11.4. The summed E-state index contributed by atoms with van der Waals surface area (Å²) in [5.74, 6) is -0.464. The molecule has 3 rings (SSSR count). The minimum absolute atomic E-state index is 0.00395. The summed E-state index contributed by atoms with van der Waals surface area (Å²) in [4.78, 5) is 22.1. The van der Waals surface area contributed by atoms with Gasteiger partial charge in [-0.05, 0) is 36.2 Å². The molecule has 2 N–H and O–H groups in total. The van der Waals surface area contributed by atoms with Crippen LogP contribution in [0.15, 0.2) is 45.6 Å². The van der Waals surface area contributed by atoms with Crippen molar-refractivity contribution in [1.82, 2.24) is 0 Å². The van der Waals surface area contributed by atoms with Crippen molar-refractivity contribution in [2.75, 3.05) is 0 Å². The molecule has 0 fully saturated rings. The summed E-state index contributed by atoms with van der Waals surface area (Å²) in [7, 11) is 0. The zero-order valence-electron chi connectivity index (χ0n) is 11.0. The van der Waals surface area contributed by atoms with E-state index >= 15 is 0 Å². The van der Waals surface area contributed by atoms with Crippen LogP contribution >= 0.6 is 0 Å². The number of aromatic hydroxyl groups is 1. The third-order valence-electron chi connectivity index (χ3n) is 3.33. The smallest absolute Gasteiger partial charge is 0.303 e. The van der Waals surface area contributed by atoms with E-state index in [1.807, 2.05) is 6.07 Å². The molecule has 1 heterocycles. The van der Waals surface area contributed by atoms with Gasteiger partial charge in [-0.2, -0.15) is 0 Å². The Labute approximate surface area is 119 Å². The lowest BCUT2D eigenvalue weighted by Gasteiger charge is -2.10. The second-order valence-electron chi connectivity index (χ2n) is 4.86. The lowest BCUT2D eigenvalue weighted by atomic mass is 10.0. The molecule has 21 heavy (non-hydrogen) atoms. The Morgan fingerprint density at radius 3 is 2.71 bits per heavy atom. The summed E-state index contributed by atoms with van der Waals surface area (Å²) in [5.41, 5.74) is 1.72. The molecule has 0 amide bonds. The lowest BCUT2D eigenvalue weighted by molar-refractivity contribution is -0.136. The zero-order chi connectivity index (χ0) is 15.0. The molecule has 0 spiro atoms. The van der Waals surface area contributed by atoms with E-state index in [1.165, 1.54) is 24.3 Å². The number of benzene rings is 2. The van der Waals surface area contributed by atoms with Crippen molar-refractivity contribution in [3.8, 4) is 17.1 Å². The molecule has 0 atom stereocenters. The number of phenolic OH excluding ortho intramolecular Hbond substituents is 1. The highest BCUT2D eigenvalue weighted by molar-refractivity contribution is 5.87. The van der Waals surface area contributed by atoms with Gasteiger partial charge in [0.1, 0.15) is 17.1 Å². The number of aliphatic carboxylic acids is 1. The zero-order valence-corrected chi connectivity index (χ0v) is 11.0. The van der Waals surface area contributed by atoms with Gasteiger partial charge < -0.3 is 14.6 Å². The molecule has 5 nitrogen and oxygen atoms in total. The number of hydrogen-bond donors (Lipinski definition) is 2. The predicted molar refractivity (Wildman–Crippen MR) is 76.7 cm³/mol. The van der Waals surface area contributed by atoms with Crippen LogP contribution in [0.5, 0.6) is 5.75 Å². The molecule has 1 aromatic carbocycles. The standard InChI is InChI=1S/C16H12O5/c17-11-3-1-10-6-13-9(2-4-16(19)20)5-12(18)8-15(13)21-14(10)7-11/h1,3,5-8,18H,2,4H2,(H,19,20). The second-order valence-corrected chi connectivity index (χ2v) is 4.86. The molecule has 0 radical (unpaired) electrons. The second kappa shape index (κ2) is 4.94. The number of carbonyl (C=O) groups is 1. The summed E-state index contributed by atoms with van der Waals surface area (Å²) >= 11 is 0. The van der Waals surface area contributed by atoms with Crippen LogP contribution in [0.25, 0.3) is 22.3 Å². The first-order valence-electron chi connectivity index (χ1n) is 6.44. The van der Waals surface area contributed by atoms with Gasteiger partial charge in [0.25, 0.3) is 0 Å². The van der Waals surface area contributed by atoms with Crippen LogP contribution in [0, 0.1) is 0 Å². The molecule has 0 saturated heterocycles. The minimum atomic E-state index is -0.903. The molecule has 5 heteroatoms. The van der Waals surface area contributed by atoms with Crippen LogP contribution < -0.4 is 5.43 Å². The van der Waals surface area contributed by atoms with Crippen molar-refractivity contribution in [1.29, 1.82) is 0 Å². The van der Waals surface area contributed by atoms with E-state index in [9.17, 15) is 14.7 Å². The normalized spacial score (nSPS) is 11.0. The fourth-order valence-corrected chi connectivity index (χ4v) is 2.36. The van der Waals surface area contributed by atoms with Gasteiger partial charge in [0.2, 0.25) is 0 Å². The van der Waals surface area contributed by atoms with Crippen molar-refractivity contribution < 1.29 is 19.4 Å². The number of carboxylic acids is 1. The lowest BCUT2D eigenvalue weighted by Crippen LogP contribution is -2.00. The molecule has 0 saturated carbocycles. The van der Waals surface area contributed by atoms with Crippen LogP contribution in [-0.4, -0.2) is 16.2 Å². The van der Waals surface area contributed by atoms with Gasteiger partial charge in [-0.1, -0.05) is 0 Å². The van der Waals surface area contributed by atoms with E-state index in [0.29, 0.717) is 23.3 Å². The molecular formula is C16H12O5. The first-order chi connectivity index (χ1) is 10.0. The monoisotopic (exact) mass is 284 g/mol. The van der Waals surface area contributed by atoms with Crippen LogP contribution in [-0.2, 0) is 11.2 Å². The Hall–Kier alpha value is -2.82. The summed E-state index contributed by atoms with van der Waals surface area (Å²) < 4.78 is 5.65. The minimum Gasteiger partial charge on any atom is -0.508 e. The Morgan fingerprint density at radius 2 is 1.95 bits per heavy atom. The topological polar surface area (TPSA) is 87.7 Å².